The van der Waals surface area contributed by atoms with Crippen molar-refractivity contribution < 1.29 is 17.9 Å². The molecule has 3 rings (SSSR count). The summed E-state index contributed by atoms with van der Waals surface area (Å²) >= 11 is 11.8. The molecule has 0 aliphatic rings. The van der Waals surface area contributed by atoms with Crippen molar-refractivity contribution in [2.75, 3.05) is 22.8 Å². The van der Waals surface area contributed by atoms with Crippen LogP contribution in [0.2, 0.25) is 10.0 Å². The first-order valence-electron chi connectivity index (χ1n) is 9.36. The van der Waals surface area contributed by atoms with Gasteiger partial charge < -0.3 is 10.1 Å². The van der Waals surface area contributed by atoms with Gasteiger partial charge in [0.15, 0.2) is 0 Å². The van der Waals surface area contributed by atoms with Gasteiger partial charge in [0.1, 0.15) is 12.3 Å². The first-order valence-corrected chi connectivity index (χ1v) is 11.6. The molecule has 0 saturated carbocycles. The highest BCUT2D eigenvalue weighted by Gasteiger charge is 2.27. The molecule has 0 spiro atoms. The third-order valence-electron chi connectivity index (χ3n) is 4.25. The number of nitrogens with one attached hydrogen (secondary N) is 1. The van der Waals surface area contributed by atoms with Gasteiger partial charge in [-0.25, -0.2) is 8.42 Å². The van der Waals surface area contributed by atoms with Gasteiger partial charge >= 0.3 is 0 Å². The number of carbonyl (C=O) groups excluding carboxylic acids is 1. The average molecular weight is 479 g/mol. The van der Waals surface area contributed by atoms with Crippen LogP contribution in [0, 0.1) is 0 Å². The van der Waals surface area contributed by atoms with Gasteiger partial charge in [-0.1, -0.05) is 23.2 Å². The number of halogens is 2. The fourth-order valence-corrected chi connectivity index (χ4v) is 4.46. The molecule has 0 radical (unpaired) electrons. The summed E-state index contributed by atoms with van der Waals surface area (Å²) in [5, 5.41) is 3.62. The summed E-state index contributed by atoms with van der Waals surface area (Å²) in [7, 11) is -4.04. The van der Waals surface area contributed by atoms with Crippen LogP contribution in [0.15, 0.2) is 77.7 Å². The molecule has 0 bridgehead atoms. The molecular weight excluding hydrogens is 459 g/mol. The fraction of sp³-hybridized carbons (Fsp3) is 0.136. The second-order valence-corrected chi connectivity index (χ2v) is 9.18. The number of hydrogen-bond donors (Lipinski definition) is 1. The summed E-state index contributed by atoms with van der Waals surface area (Å²) in [5.41, 5.74) is 0.828. The number of hydrogen-bond acceptors (Lipinski definition) is 4. The van der Waals surface area contributed by atoms with Gasteiger partial charge in [0, 0.05) is 15.7 Å². The molecule has 0 fully saturated rings. The van der Waals surface area contributed by atoms with E-state index in [1.165, 1.54) is 24.3 Å². The van der Waals surface area contributed by atoms with E-state index in [0.29, 0.717) is 33.8 Å². The predicted octanol–water partition coefficient (Wildman–Crippen LogP) is 5.23. The van der Waals surface area contributed by atoms with Crippen LogP contribution in [0.4, 0.5) is 11.4 Å². The van der Waals surface area contributed by atoms with Gasteiger partial charge in [0.25, 0.3) is 10.0 Å². The lowest BCUT2D eigenvalue weighted by atomic mass is 10.3. The Bertz CT molecular complexity index is 1130. The average Bonchev–Trinajstić information content (AvgIpc) is 2.75. The van der Waals surface area contributed by atoms with Crippen LogP contribution in [0.3, 0.4) is 0 Å². The molecule has 6 nitrogen and oxygen atoms in total. The number of anilines is 2. The second kappa shape index (κ2) is 10.0. The lowest BCUT2D eigenvalue weighted by Gasteiger charge is -2.24. The molecular formula is C22H20Cl2N2O4S. The predicted molar refractivity (Wildman–Crippen MR) is 124 cm³/mol. The molecule has 162 valence electrons. The standard InChI is InChI=1S/C22H20Cl2N2O4S/c1-2-30-20-11-9-19(10-12-20)26(31(28,29)21-13-5-17(24)6-14-21)15-22(27)25-18-7-3-16(23)4-8-18/h3-14H,2,15H2,1H3,(H,25,27). The van der Waals surface area contributed by atoms with E-state index in [9.17, 15) is 13.2 Å². The van der Waals surface area contributed by atoms with Crippen LogP contribution in [0.25, 0.3) is 0 Å². The minimum Gasteiger partial charge on any atom is -0.494 e. The first kappa shape index (κ1) is 22.9. The molecule has 0 unspecified atom stereocenters. The van der Waals surface area contributed by atoms with E-state index in [1.807, 2.05) is 6.92 Å². The second-order valence-electron chi connectivity index (χ2n) is 6.45. The summed E-state index contributed by atoms with van der Waals surface area (Å²) in [6.45, 7) is 1.91. The molecule has 3 aromatic rings. The van der Waals surface area contributed by atoms with E-state index in [2.05, 4.69) is 5.32 Å². The zero-order chi connectivity index (χ0) is 22.4. The third kappa shape index (κ3) is 5.91. The van der Waals surface area contributed by atoms with Crippen LogP contribution in [0.1, 0.15) is 6.92 Å². The Kier molecular flexibility index (Phi) is 7.43. The van der Waals surface area contributed by atoms with Gasteiger partial charge in [0.05, 0.1) is 17.2 Å². The van der Waals surface area contributed by atoms with Crippen LogP contribution in [-0.2, 0) is 14.8 Å². The maximum Gasteiger partial charge on any atom is 0.264 e. The van der Waals surface area contributed by atoms with Gasteiger partial charge in [-0.05, 0) is 79.7 Å². The summed E-state index contributed by atoms with van der Waals surface area (Å²) in [4.78, 5) is 12.7. The molecule has 31 heavy (non-hydrogen) atoms. The van der Waals surface area contributed by atoms with Gasteiger partial charge in [-0.2, -0.15) is 0 Å². The highest BCUT2D eigenvalue weighted by molar-refractivity contribution is 7.92. The number of carbonyl (C=O) groups is 1. The smallest absolute Gasteiger partial charge is 0.264 e. The Labute approximate surface area is 191 Å². The number of sulfonamides is 1. The zero-order valence-corrected chi connectivity index (χ0v) is 18.9. The quantitative estimate of drug-likeness (QED) is 0.480. The Hall–Kier alpha value is -2.74. The van der Waals surface area contributed by atoms with Crippen molar-refractivity contribution >= 4 is 50.5 Å². The number of benzene rings is 3. The Morgan fingerprint density at radius 2 is 1.45 bits per heavy atom. The van der Waals surface area contributed by atoms with Crippen LogP contribution in [0.5, 0.6) is 5.75 Å². The molecule has 0 heterocycles. The molecule has 0 aliphatic heterocycles. The van der Waals surface area contributed by atoms with E-state index >= 15 is 0 Å². The largest absolute Gasteiger partial charge is 0.494 e. The Morgan fingerprint density at radius 1 is 0.903 bits per heavy atom. The minimum atomic E-state index is -4.04. The third-order valence-corrected chi connectivity index (χ3v) is 6.54. The minimum absolute atomic E-state index is 0.0186. The van der Waals surface area contributed by atoms with Gasteiger partial charge in [-0.15, -0.1) is 0 Å². The van der Waals surface area contributed by atoms with Crippen molar-refractivity contribution in [1.29, 1.82) is 0 Å². The maximum atomic E-state index is 13.3. The normalized spacial score (nSPS) is 11.1. The molecule has 1 amide bonds. The molecule has 0 aromatic heterocycles. The van der Waals surface area contributed by atoms with E-state index < -0.39 is 22.5 Å². The SMILES string of the molecule is CCOc1ccc(N(CC(=O)Nc2ccc(Cl)cc2)S(=O)(=O)c2ccc(Cl)cc2)cc1. The Morgan fingerprint density at radius 3 is 2.00 bits per heavy atom. The summed E-state index contributed by atoms with van der Waals surface area (Å²) in [6, 6.07) is 18.8. The highest BCUT2D eigenvalue weighted by Crippen LogP contribution is 2.27. The van der Waals surface area contributed by atoms with Crippen molar-refractivity contribution in [3.63, 3.8) is 0 Å². The Balaban J connectivity index is 1.92. The summed E-state index contributed by atoms with van der Waals surface area (Å²) < 4.78 is 33.1. The summed E-state index contributed by atoms with van der Waals surface area (Å²) in [5.74, 6) is 0.0921. The number of nitrogens with zero attached hydrogens (tertiary/aromatic N) is 1. The van der Waals surface area contributed by atoms with Crippen LogP contribution < -0.4 is 14.4 Å². The number of amides is 1. The molecule has 0 saturated heterocycles. The first-order chi connectivity index (χ1) is 14.8. The van der Waals surface area contributed by atoms with E-state index in [1.54, 1.807) is 48.5 Å². The van der Waals surface area contributed by atoms with E-state index in [0.717, 1.165) is 4.31 Å². The molecule has 3 aromatic carbocycles. The number of ether oxygens (including phenoxy) is 1. The molecule has 9 heteroatoms. The lowest BCUT2D eigenvalue weighted by Crippen LogP contribution is -2.38. The maximum absolute atomic E-state index is 13.3. The van der Waals surface area contributed by atoms with Crippen molar-refractivity contribution in [3.8, 4) is 5.75 Å². The molecule has 0 atom stereocenters. The van der Waals surface area contributed by atoms with Gasteiger partial charge in [-0.3, -0.25) is 9.10 Å². The lowest BCUT2D eigenvalue weighted by molar-refractivity contribution is -0.114. The van der Waals surface area contributed by atoms with Crippen LogP contribution in [-0.4, -0.2) is 27.5 Å². The van der Waals surface area contributed by atoms with Crippen molar-refractivity contribution in [2.24, 2.45) is 0 Å². The van der Waals surface area contributed by atoms with E-state index in [-0.39, 0.29) is 4.90 Å². The fourth-order valence-electron chi connectivity index (χ4n) is 2.79. The van der Waals surface area contributed by atoms with Gasteiger partial charge in [0.2, 0.25) is 5.91 Å². The van der Waals surface area contributed by atoms with Crippen molar-refractivity contribution in [2.45, 2.75) is 11.8 Å². The van der Waals surface area contributed by atoms with E-state index in [4.69, 9.17) is 27.9 Å². The highest BCUT2D eigenvalue weighted by atomic mass is 35.5. The summed E-state index contributed by atoms with van der Waals surface area (Å²) in [6.07, 6.45) is 0. The molecule has 0 aliphatic carbocycles. The van der Waals surface area contributed by atoms with Crippen molar-refractivity contribution in [3.05, 3.63) is 82.8 Å². The van der Waals surface area contributed by atoms with Crippen LogP contribution >= 0.6 is 23.2 Å². The molecule has 1 N–H and O–H groups in total. The number of rotatable bonds is 8. The monoisotopic (exact) mass is 478 g/mol. The topological polar surface area (TPSA) is 75.7 Å². The van der Waals surface area contributed by atoms with Crippen molar-refractivity contribution in [1.82, 2.24) is 0 Å². The zero-order valence-electron chi connectivity index (χ0n) is 16.6.